The van der Waals surface area contributed by atoms with Gasteiger partial charge in [0.1, 0.15) is 0 Å². The Hall–Kier alpha value is -0.475. The lowest BCUT2D eigenvalue weighted by Gasteiger charge is -2.19. The van der Waals surface area contributed by atoms with Crippen molar-refractivity contribution in [3.05, 3.63) is 11.7 Å². The highest BCUT2D eigenvalue weighted by atomic mass is 16.2. The first-order chi connectivity index (χ1) is 4.61. The van der Waals surface area contributed by atoms with Gasteiger partial charge in [-0.3, -0.25) is 0 Å². The maximum absolute atomic E-state index is 9.17. The highest BCUT2D eigenvalue weighted by Crippen LogP contribution is 2.11. The van der Waals surface area contributed by atoms with Gasteiger partial charge in [-0.2, -0.15) is 0 Å². The van der Waals surface area contributed by atoms with Crippen LogP contribution in [-0.4, -0.2) is 42.6 Å². The summed E-state index contributed by atoms with van der Waals surface area (Å²) in [6.45, 7) is 2.32. The van der Waals surface area contributed by atoms with Crippen LogP contribution in [0.4, 0.5) is 0 Å². The predicted octanol–water partition coefficient (Wildman–Crippen LogP) is -0.185. The third-order valence-corrected chi connectivity index (χ3v) is 1.84. The summed E-state index contributed by atoms with van der Waals surface area (Å²) in [6.07, 6.45) is 1.96. The Balaban J connectivity index is 2.58. The largest absolute Gasteiger partial charge is 0.447 e. The molecule has 3 nitrogen and oxygen atoms in total. The fourth-order valence-electron chi connectivity index (χ4n) is 0.995. The number of likely N-dealkylation sites (N-methyl/N-ethyl adjacent to an activating group) is 1. The number of rotatable bonds is 1. The highest BCUT2D eigenvalue weighted by molar-refractivity contribution is 6.57. The van der Waals surface area contributed by atoms with Crippen molar-refractivity contribution < 1.29 is 5.02 Å². The van der Waals surface area contributed by atoms with Crippen molar-refractivity contribution in [1.82, 2.24) is 10.0 Å². The molecule has 1 N–H and O–H groups in total. The van der Waals surface area contributed by atoms with Crippen LogP contribution in [0, 0.1) is 0 Å². The number of hydrogen-bond donors (Lipinski definition) is 1. The van der Waals surface area contributed by atoms with Crippen molar-refractivity contribution in [3.63, 3.8) is 0 Å². The van der Waals surface area contributed by atoms with Gasteiger partial charge in [-0.25, -0.2) is 5.01 Å². The van der Waals surface area contributed by atoms with E-state index in [0.717, 1.165) is 12.0 Å². The molecule has 0 bridgehead atoms. The van der Waals surface area contributed by atoms with Gasteiger partial charge in [-0.15, -0.1) is 0 Å². The van der Waals surface area contributed by atoms with E-state index in [0.29, 0.717) is 0 Å². The second kappa shape index (κ2) is 2.64. The van der Waals surface area contributed by atoms with Crippen LogP contribution in [0.1, 0.15) is 0 Å². The van der Waals surface area contributed by atoms with Crippen molar-refractivity contribution >= 4 is 6.92 Å². The maximum Gasteiger partial charge on any atom is 0.319 e. The summed E-state index contributed by atoms with van der Waals surface area (Å²) in [5.41, 5.74) is 1.07. The first-order valence-corrected chi connectivity index (χ1v) is 3.44. The molecule has 1 aliphatic rings. The number of hydrazine groups is 1. The SMILES string of the molecule is CB(O)C1=CN(C)N(C)C1. The van der Waals surface area contributed by atoms with E-state index in [2.05, 4.69) is 0 Å². The molecule has 0 aromatic rings. The van der Waals surface area contributed by atoms with Crippen molar-refractivity contribution in [3.8, 4) is 0 Å². The van der Waals surface area contributed by atoms with Crippen molar-refractivity contribution in [2.45, 2.75) is 6.82 Å². The first-order valence-electron chi connectivity index (χ1n) is 3.44. The Kier molecular flexibility index (Phi) is 2.01. The van der Waals surface area contributed by atoms with Crippen LogP contribution in [-0.2, 0) is 0 Å². The molecule has 0 fully saturated rings. The first kappa shape index (κ1) is 7.63. The molecule has 0 radical (unpaired) electrons. The molecule has 0 spiro atoms. The topological polar surface area (TPSA) is 26.7 Å². The molecule has 0 aliphatic carbocycles. The average Bonchev–Trinajstić information content (AvgIpc) is 2.13. The number of hydrogen-bond acceptors (Lipinski definition) is 3. The Morgan fingerprint density at radius 1 is 1.60 bits per heavy atom. The summed E-state index contributed by atoms with van der Waals surface area (Å²) in [5, 5.41) is 13.2. The lowest BCUT2D eigenvalue weighted by Crippen LogP contribution is -2.28. The molecule has 0 atom stereocenters. The van der Waals surface area contributed by atoms with Crippen LogP contribution < -0.4 is 0 Å². The van der Waals surface area contributed by atoms with E-state index in [9.17, 15) is 0 Å². The smallest absolute Gasteiger partial charge is 0.319 e. The molecule has 0 aromatic carbocycles. The zero-order chi connectivity index (χ0) is 7.72. The molecule has 0 aromatic heterocycles. The standard InChI is InChI=1S/C6H13BN2O/c1-7(10)6-4-8(2)9(3)5-6/h4,10H,5H2,1-3H3. The van der Waals surface area contributed by atoms with Gasteiger partial charge in [0, 0.05) is 26.8 Å². The molecule has 0 unspecified atom stereocenters. The van der Waals surface area contributed by atoms with Gasteiger partial charge in [0.15, 0.2) is 0 Å². The van der Waals surface area contributed by atoms with E-state index in [1.54, 1.807) is 6.82 Å². The van der Waals surface area contributed by atoms with E-state index in [4.69, 9.17) is 5.02 Å². The van der Waals surface area contributed by atoms with Gasteiger partial charge >= 0.3 is 6.92 Å². The Morgan fingerprint density at radius 2 is 2.20 bits per heavy atom. The third kappa shape index (κ3) is 1.33. The normalized spacial score (nSPS) is 19.6. The molecule has 1 heterocycles. The summed E-state index contributed by atoms with van der Waals surface area (Å²) in [7, 11) is 3.96. The average molecular weight is 140 g/mol. The molecule has 1 rings (SSSR count). The van der Waals surface area contributed by atoms with Crippen LogP contribution in [0.2, 0.25) is 6.82 Å². The lowest BCUT2D eigenvalue weighted by atomic mass is 9.64. The molecular weight excluding hydrogens is 127 g/mol. The second-order valence-corrected chi connectivity index (χ2v) is 2.77. The minimum atomic E-state index is -0.313. The van der Waals surface area contributed by atoms with Crippen molar-refractivity contribution in [1.29, 1.82) is 0 Å². The molecule has 0 saturated carbocycles. The van der Waals surface area contributed by atoms with Crippen LogP contribution in [0.3, 0.4) is 0 Å². The maximum atomic E-state index is 9.17. The van der Waals surface area contributed by atoms with Gasteiger partial charge in [-0.05, 0) is 5.47 Å². The lowest BCUT2D eigenvalue weighted by molar-refractivity contribution is 0.116. The molecule has 0 saturated heterocycles. The van der Waals surface area contributed by atoms with Crippen LogP contribution in [0.5, 0.6) is 0 Å². The predicted molar refractivity (Wildman–Crippen MR) is 42.3 cm³/mol. The quantitative estimate of drug-likeness (QED) is 0.511. The van der Waals surface area contributed by atoms with E-state index in [1.807, 2.05) is 30.3 Å². The Morgan fingerprint density at radius 3 is 2.40 bits per heavy atom. The van der Waals surface area contributed by atoms with Crippen molar-refractivity contribution in [2.75, 3.05) is 20.6 Å². The molecule has 1 aliphatic heterocycles. The minimum Gasteiger partial charge on any atom is -0.447 e. The van der Waals surface area contributed by atoms with Crippen LogP contribution in [0.15, 0.2) is 11.7 Å². The monoisotopic (exact) mass is 140 g/mol. The molecular formula is C6H13BN2O. The number of nitrogens with zero attached hydrogens (tertiary/aromatic N) is 2. The minimum absolute atomic E-state index is 0.313. The summed E-state index contributed by atoms with van der Waals surface area (Å²) < 4.78 is 0. The van der Waals surface area contributed by atoms with E-state index < -0.39 is 0 Å². The highest BCUT2D eigenvalue weighted by Gasteiger charge is 2.20. The summed E-state index contributed by atoms with van der Waals surface area (Å²) in [5.74, 6) is 0. The van der Waals surface area contributed by atoms with Crippen LogP contribution >= 0.6 is 0 Å². The zero-order valence-corrected chi connectivity index (χ0v) is 6.70. The van der Waals surface area contributed by atoms with E-state index in [-0.39, 0.29) is 6.92 Å². The van der Waals surface area contributed by atoms with Gasteiger partial charge in [-0.1, -0.05) is 6.82 Å². The molecule has 56 valence electrons. The summed E-state index contributed by atoms with van der Waals surface area (Å²) in [6, 6.07) is 0. The van der Waals surface area contributed by atoms with Gasteiger partial charge in [0.25, 0.3) is 0 Å². The summed E-state index contributed by atoms with van der Waals surface area (Å²) in [4.78, 5) is 0. The van der Waals surface area contributed by atoms with Gasteiger partial charge < -0.3 is 10.0 Å². The summed E-state index contributed by atoms with van der Waals surface area (Å²) >= 11 is 0. The molecule has 0 amide bonds. The Labute approximate surface area is 62.0 Å². The van der Waals surface area contributed by atoms with E-state index in [1.165, 1.54) is 0 Å². The van der Waals surface area contributed by atoms with Gasteiger partial charge in [0.05, 0.1) is 0 Å². The molecule has 10 heavy (non-hydrogen) atoms. The second-order valence-electron chi connectivity index (χ2n) is 2.77. The van der Waals surface area contributed by atoms with Gasteiger partial charge in [0.2, 0.25) is 0 Å². The van der Waals surface area contributed by atoms with Crippen molar-refractivity contribution in [2.24, 2.45) is 0 Å². The third-order valence-electron chi connectivity index (χ3n) is 1.84. The zero-order valence-electron chi connectivity index (χ0n) is 6.70. The molecule has 4 heteroatoms. The fourth-order valence-corrected chi connectivity index (χ4v) is 0.995. The fraction of sp³-hybridized carbons (Fsp3) is 0.667. The van der Waals surface area contributed by atoms with E-state index >= 15 is 0 Å². The Bertz CT molecular complexity index is 158. The van der Waals surface area contributed by atoms with Crippen LogP contribution in [0.25, 0.3) is 0 Å².